The first kappa shape index (κ1) is 14.5. The first-order valence-electron chi connectivity index (χ1n) is 6.60. The van der Waals surface area contributed by atoms with Gasteiger partial charge in [0.05, 0.1) is 19.3 Å². The van der Waals surface area contributed by atoms with E-state index in [1.165, 1.54) is 12.8 Å². The molecule has 2 nitrogen and oxygen atoms in total. The van der Waals surface area contributed by atoms with Crippen molar-refractivity contribution < 1.29 is 9.47 Å². The standard InChI is InChI=1S/C15H26O2/c1-5-12-8-13(6-2)14(9-12)10-17-11-15(7-3)16-4/h5-6,12-15H,1-2,7-11H2,3-4H3. The fourth-order valence-corrected chi connectivity index (χ4v) is 2.58. The Morgan fingerprint density at radius 2 is 2.06 bits per heavy atom. The Labute approximate surface area is 106 Å². The molecule has 2 heteroatoms. The predicted octanol–water partition coefficient (Wildman–Crippen LogP) is 3.44. The van der Waals surface area contributed by atoms with Crippen LogP contribution in [-0.4, -0.2) is 26.4 Å². The van der Waals surface area contributed by atoms with Gasteiger partial charge in [0.2, 0.25) is 0 Å². The van der Waals surface area contributed by atoms with Crippen LogP contribution in [0.1, 0.15) is 26.2 Å². The summed E-state index contributed by atoms with van der Waals surface area (Å²) in [6.07, 6.45) is 7.74. The van der Waals surface area contributed by atoms with Gasteiger partial charge in [0.1, 0.15) is 0 Å². The largest absolute Gasteiger partial charge is 0.379 e. The second-order valence-corrected chi connectivity index (χ2v) is 4.93. The lowest BCUT2D eigenvalue weighted by molar-refractivity contribution is -0.00642. The summed E-state index contributed by atoms with van der Waals surface area (Å²) in [7, 11) is 1.74. The Bertz CT molecular complexity index is 233. The van der Waals surface area contributed by atoms with E-state index >= 15 is 0 Å². The maximum absolute atomic E-state index is 5.78. The molecule has 1 aliphatic carbocycles. The molecular formula is C15H26O2. The monoisotopic (exact) mass is 238 g/mol. The molecule has 0 spiro atoms. The van der Waals surface area contributed by atoms with Crippen molar-refractivity contribution in [3.63, 3.8) is 0 Å². The van der Waals surface area contributed by atoms with Gasteiger partial charge < -0.3 is 9.47 Å². The van der Waals surface area contributed by atoms with Crippen molar-refractivity contribution in [1.29, 1.82) is 0 Å². The normalized spacial score (nSPS) is 30.1. The van der Waals surface area contributed by atoms with Gasteiger partial charge in [-0.1, -0.05) is 19.1 Å². The van der Waals surface area contributed by atoms with Gasteiger partial charge in [-0.2, -0.15) is 0 Å². The highest BCUT2D eigenvalue weighted by molar-refractivity contribution is 4.97. The number of ether oxygens (including phenoxy) is 2. The summed E-state index contributed by atoms with van der Waals surface area (Å²) in [6, 6.07) is 0. The van der Waals surface area contributed by atoms with E-state index in [0.29, 0.717) is 24.4 Å². The van der Waals surface area contributed by atoms with E-state index in [4.69, 9.17) is 9.47 Å². The molecule has 1 fully saturated rings. The topological polar surface area (TPSA) is 18.5 Å². The van der Waals surface area contributed by atoms with Crippen LogP contribution in [0.5, 0.6) is 0 Å². The first-order valence-corrected chi connectivity index (χ1v) is 6.60. The Balaban J connectivity index is 2.30. The lowest BCUT2D eigenvalue weighted by atomic mass is 9.97. The van der Waals surface area contributed by atoms with Crippen LogP contribution in [0.3, 0.4) is 0 Å². The van der Waals surface area contributed by atoms with Crippen molar-refractivity contribution in [3.8, 4) is 0 Å². The molecule has 0 aromatic carbocycles. The maximum Gasteiger partial charge on any atom is 0.0802 e. The minimum atomic E-state index is 0.230. The van der Waals surface area contributed by atoms with Crippen LogP contribution in [0, 0.1) is 17.8 Å². The second kappa shape index (κ2) is 7.67. The van der Waals surface area contributed by atoms with Crippen LogP contribution in [0.4, 0.5) is 0 Å². The third-order valence-electron chi connectivity index (χ3n) is 3.85. The molecule has 1 saturated carbocycles. The average Bonchev–Trinajstić information content (AvgIpc) is 2.77. The van der Waals surface area contributed by atoms with Crippen LogP contribution >= 0.6 is 0 Å². The molecule has 1 aliphatic rings. The van der Waals surface area contributed by atoms with E-state index in [9.17, 15) is 0 Å². The number of allylic oxidation sites excluding steroid dienone is 2. The average molecular weight is 238 g/mol. The second-order valence-electron chi connectivity index (χ2n) is 4.93. The number of hydrogen-bond donors (Lipinski definition) is 0. The van der Waals surface area contributed by atoms with E-state index in [1.54, 1.807) is 7.11 Å². The lowest BCUT2D eigenvalue weighted by Crippen LogP contribution is -2.21. The van der Waals surface area contributed by atoms with Gasteiger partial charge in [-0.3, -0.25) is 0 Å². The van der Waals surface area contributed by atoms with Crippen molar-refractivity contribution in [3.05, 3.63) is 25.3 Å². The third-order valence-corrected chi connectivity index (χ3v) is 3.85. The van der Waals surface area contributed by atoms with E-state index in [2.05, 4.69) is 32.2 Å². The zero-order valence-corrected chi connectivity index (χ0v) is 11.2. The Morgan fingerprint density at radius 3 is 2.59 bits per heavy atom. The van der Waals surface area contributed by atoms with Crippen molar-refractivity contribution in [1.82, 2.24) is 0 Å². The van der Waals surface area contributed by atoms with Crippen LogP contribution in [-0.2, 0) is 9.47 Å². The Morgan fingerprint density at radius 1 is 1.29 bits per heavy atom. The quantitative estimate of drug-likeness (QED) is 0.603. The summed E-state index contributed by atoms with van der Waals surface area (Å²) in [5.74, 6) is 1.82. The molecule has 0 heterocycles. The van der Waals surface area contributed by atoms with Crippen molar-refractivity contribution in [2.45, 2.75) is 32.3 Å². The highest BCUT2D eigenvalue weighted by Gasteiger charge is 2.30. The van der Waals surface area contributed by atoms with Gasteiger partial charge in [-0.15, -0.1) is 13.2 Å². The highest BCUT2D eigenvalue weighted by atomic mass is 16.5. The van der Waals surface area contributed by atoms with E-state index in [1.807, 2.05) is 0 Å². The summed E-state index contributed by atoms with van der Waals surface area (Å²) in [6.45, 7) is 11.4. The SMILES string of the molecule is C=CC1CC(C=C)C(COCC(CC)OC)C1. The third kappa shape index (κ3) is 4.29. The van der Waals surface area contributed by atoms with E-state index in [-0.39, 0.29) is 6.10 Å². The highest BCUT2D eigenvalue weighted by Crippen LogP contribution is 2.37. The van der Waals surface area contributed by atoms with Crippen molar-refractivity contribution in [2.75, 3.05) is 20.3 Å². The van der Waals surface area contributed by atoms with E-state index < -0.39 is 0 Å². The fourth-order valence-electron chi connectivity index (χ4n) is 2.58. The molecular weight excluding hydrogens is 212 g/mol. The maximum atomic E-state index is 5.78. The van der Waals surface area contributed by atoms with Crippen molar-refractivity contribution >= 4 is 0 Å². The minimum Gasteiger partial charge on any atom is -0.379 e. The summed E-state index contributed by atoms with van der Waals surface area (Å²) < 4.78 is 11.1. The van der Waals surface area contributed by atoms with Crippen LogP contribution < -0.4 is 0 Å². The summed E-state index contributed by atoms with van der Waals surface area (Å²) in [5, 5.41) is 0. The number of rotatable bonds is 8. The summed E-state index contributed by atoms with van der Waals surface area (Å²) in [5.41, 5.74) is 0. The molecule has 4 unspecified atom stereocenters. The molecule has 1 rings (SSSR count). The molecule has 0 aliphatic heterocycles. The molecule has 4 atom stereocenters. The van der Waals surface area contributed by atoms with Gasteiger partial charge in [-0.25, -0.2) is 0 Å². The Kier molecular flexibility index (Phi) is 6.53. The number of methoxy groups -OCH3 is 1. The van der Waals surface area contributed by atoms with Crippen LogP contribution in [0.15, 0.2) is 25.3 Å². The summed E-state index contributed by atoms with van der Waals surface area (Å²) >= 11 is 0. The first-order chi connectivity index (χ1) is 8.24. The van der Waals surface area contributed by atoms with Crippen molar-refractivity contribution in [2.24, 2.45) is 17.8 Å². The number of hydrogen-bond acceptors (Lipinski definition) is 2. The molecule has 0 saturated heterocycles. The molecule has 0 aromatic rings. The molecule has 0 amide bonds. The summed E-state index contributed by atoms with van der Waals surface area (Å²) in [4.78, 5) is 0. The van der Waals surface area contributed by atoms with Crippen LogP contribution in [0.2, 0.25) is 0 Å². The lowest BCUT2D eigenvalue weighted by Gasteiger charge is -2.18. The molecule has 0 bridgehead atoms. The van der Waals surface area contributed by atoms with E-state index in [0.717, 1.165) is 13.0 Å². The van der Waals surface area contributed by atoms with Gasteiger partial charge in [0.15, 0.2) is 0 Å². The van der Waals surface area contributed by atoms with Crippen LogP contribution in [0.25, 0.3) is 0 Å². The molecule has 0 aromatic heterocycles. The van der Waals surface area contributed by atoms with Gasteiger partial charge >= 0.3 is 0 Å². The van der Waals surface area contributed by atoms with Gasteiger partial charge in [-0.05, 0) is 37.0 Å². The zero-order chi connectivity index (χ0) is 12.7. The van der Waals surface area contributed by atoms with Gasteiger partial charge in [0.25, 0.3) is 0 Å². The molecule has 17 heavy (non-hydrogen) atoms. The fraction of sp³-hybridized carbons (Fsp3) is 0.733. The Hall–Kier alpha value is -0.600. The minimum absolute atomic E-state index is 0.230. The zero-order valence-electron chi connectivity index (χ0n) is 11.2. The molecule has 0 N–H and O–H groups in total. The smallest absolute Gasteiger partial charge is 0.0802 e. The van der Waals surface area contributed by atoms with Gasteiger partial charge in [0, 0.05) is 7.11 Å². The molecule has 0 radical (unpaired) electrons. The molecule has 98 valence electrons. The predicted molar refractivity (Wildman–Crippen MR) is 72.0 cm³/mol.